The maximum Gasteiger partial charge on any atom is 0.303 e. The highest BCUT2D eigenvalue weighted by Gasteiger charge is 2.47. The van der Waals surface area contributed by atoms with Crippen LogP contribution < -0.4 is 9.47 Å². The van der Waals surface area contributed by atoms with E-state index in [2.05, 4.69) is 4.90 Å². The second-order valence-corrected chi connectivity index (χ2v) is 13.3. The van der Waals surface area contributed by atoms with Crippen LogP contribution in [0.25, 0.3) is 33.6 Å². The van der Waals surface area contributed by atoms with Crippen LogP contribution in [0.15, 0.2) is 60.7 Å². The molecule has 1 spiro atoms. The number of rotatable bonds is 12. The number of carbonyl (C=O) groups excluding carboxylic acids is 1. The van der Waals surface area contributed by atoms with Crippen LogP contribution in [0.3, 0.4) is 0 Å². The molecule has 1 saturated carbocycles. The Morgan fingerprint density at radius 1 is 0.830 bits per heavy atom. The number of ketones is 1. The van der Waals surface area contributed by atoms with Gasteiger partial charge in [0.2, 0.25) is 11.8 Å². The van der Waals surface area contributed by atoms with Gasteiger partial charge in [-0.05, 0) is 37.8 Å². The predicted octanol–water partition coefficient (Wildman–Crippen LogP) is 8.15. The first-order valence-corrected chi connectivity index (χ1v) is 16.6. The Bertz CT molecular complexity index is 1820. The van der Waals surface area contributed by atoms with Crippen LogP contribution in [0.4, 0.5) is 0 Å². The smallest absolute Gasteiger partial charge is 0.303 e. The molecular formula is C37H37Cl2N3O5. The van der Waals surface area contributed by atoms with Crippen LogP contribution in [0, 0.1) is 5.41 Å². The fourth-order valence-corrected chi connectivity index (χ4v) is 7.54. The number of carbonyl (C=O) groups is 2. The molecule has 244 valence electrons. The van der Waals surface area contributed by atoms with Crippen LogP contribution >= 0.6 is 23.2 Å². The van der Waals surface area contributed by atoms with Crippen molar-refractivity contribution in [2.75, 3.05) is 27.3 Å². The normalized spacial score (nSPS) is 15.5. The summed E-state index contributed by atoms with van der Waals surface area (Å²) in [6, 6.07) is 19.4. The first-order valence-electron chi connectivity index (χ1n) is 15.8. The number of Topliss-reactive ketones (excluding diaryl/α,β-unsaturated/α-hetero) is 1. The molecule has 1 N–H and O–H groups in total. The zero-order chi connectivity index (χ0) is 33.1. The number of hydrogen-bond donors (Lipinski definition) is 1. The molecule has 2 aliphatic rings. The molecule has 2 fully saturated rings. The lowest BCUT2D eigenvalue weighted by Gasteiger charge is -2.48. The minimum absolute atomic E-state index is 0.138. The second kappa shape index (κ2) is 14.0. The Kier molecular flexibility index (Phi) is 9.82. The van der Waals surface area contributed by atoms with Crippen molar-refractivity contribution in [1.29, 1.82) is 0 Å². The third-order valence-electron chi connectivity index (χ3n) is 9.21. The molecule has 6 rings (SSSR count). The fraction of sp³-hybridized carbons (Fsp3) is 0.351. The van der Waals surface area contributed by atoms with Gasteiger partial charge in [-0.3, -0.25) is 14.5 Å². The molecule has 0 unspecified atom stereocenters. The Hall–Kier alpha value is -3.98. The summed E-state index contributed by atoms with van der Waals surface area (Å²) < 4.78 is 11.3. The van der Waals surface area contributed by atoms with E-state index in [-0.39, 0.29) is 11.8 Å². The van der Waals surface area contributed by atoms with E-state index in [0.29, 0.717) is 71.2 Å². The first-order chi connectivity index (χ1) is 22.7. The number of aliphatic carboxylic acids is 1. The van der Waals surface area contributed by atoms with Crippen molar-refractivity contribution in [2.45, 2.75) is 51.5 Å². The number of aromatic nitrogens is 2. The minimum atomic E-state index is -0.796. The molecule has 0 amide bonds. The lowest BCUT2D eigenvalue weighted by molar-refractivity contribution is -0.137. The maximum atomic E-state index is 11.8. The molecule has 1 saturated heterocycles. The van der Waals surface area contributed by atoms with E-state index in [1.165, 1.54) is 0 Å². The summed E-state index contributed by atoms with van der Waals surface area (Å²) in [5.41, 5.74) is 6.44. The Morgan fingerprint density at radius 3 is 1.91 bits per heavy atom. The van der Waals surface area contributed by atoms with Crippen molar-refractivity contribution in [2.24, 2.45) is 5.41 Å². The lowest BCUT2D eigenvalue weighted by atomic mass is 9.78. The Labute approximate surface area is 284 Å². The van der Waals surface area contributed by atoms with Gasteiger partial charge in [0.25, 0.3) is 0 Å². The molecule has 8 nitrogen and oxygen atoms in total. The van der Waals surface area contributed by atoms with Crippen molar-refractivity contribution in [1.82, 2.24) is 14.9 Å². The zero-order valence-electron chi connectivity index (χ0n) is 26.5. The number of pyridine rings is 2. The SMILES string of the molecule is COc1nc(-c2cccc(-c3cccc(-c4ccc(CN5CC6(CCC(=O)C6)C5)c(OC)n4)c3Cl)c2Cl)ccc1CCCCC(=O)O. The zero-order valence-corrected chi connectivity index (χ0v) is 28.0. The second-order valence-electron chi connectivity index (χ2n) is 12.5. The van der Waals surface area contributed by atoms with Crippen molar-refractivity contribution >= 4 is 35.0 Å². The summed E-state index contributed by atoms with van der Waals surface area (Å²) in [4.78, 5) is 34.6. The number of aryl methyl sites for hydroxylation is 1. The van der Waals surface area contributed by atoms with Gasteiger partial charge in [-0.15, -0.1) is 0 Å². The topological polar surface area (TPSA) is 102 Å². The number of nitrogens with zero attached hydrogens (tertiary/aromatic N) is 3. The standard InChI is InChI=1S/C37H37Cl2N3O5/c1-46-35-23(7-3-4-12-32(44)45)13-15-30(40-35)28-10-5-8-26(33(28)38)27-9-6-11-29(34(27)39)31-16-14-24(36(41-31)47-2)20-42-21-37(22-42)18-17-25(43)19-37/h5-6,8-11,13-16H,3-4,7,12,17-22H2,1-2H3,(H,44,45). The van der Waals surface area contributed by atoms with Crippen LogP contribution in [0.2, 0.25) is 10.0 Å². The molecule has 0 bridgehead atoms. The Balaban J connectivity index is 1.23. The highest BCUT2D eigenvalue weighted by Crippen LogP contribution is 2.45. The van der Waals surface area contributed by atoms with Crippen LogP contribution in [0.1, 0.15) is 49.7 Å². The van der Waals surface area contributed by atoms with Gasteiger partial charge < -0.3 is 14.6 Å². The molecule has 2 aromatic carbocycles. The fourth-order valence-electron chi connectivity index (χ4n) is 6.89. The number of benzene rings is 2. The summed E-state index contributed by atoms with van der Waals surface area (Å²) in [6.45, 7) is 2.57. The van der Waals surface area contributed by atoms with Crippen molar-refractivity contribution in [3.63, 3.8) is 0 Å². The average Bonchev–Trinajstić information content (AvgIpc) is 3.45. The van der Waals surface area contributed by atoms with Gasteiger partial charge in [-0.25, -0.2) is 9.97 Å². The molecule has 0 atom stereocenters. The van der Waals surface area contributed by atoms with Crippen LogP contribution in [-0.4, -0.2) is 59.0 Å². The van der Waals surface area contributed by atoms with E-state index in [1.54, 1.807) is 14.2 Å². The van der Waals surface area contributed by atoms with E-state index >= 15 is 0 Å². The summed E-state index contributed by atoms with van der Waals surface area (Å²) in [5, 5.41) is 9.95. The molecule has 47 heavy (non-hydrogen) atoms. The quantitative estimate of drug-likeness (QED) is 0.150. The maximum absolute atomic E-state index is 11.8. The number of likely N-dealkylation sites (tertiary alicyclic amines) is 1. The molecule has 1 aliphatic carbocycles. The van der Waals surface area contributed by atoms with Crippen molar-refractivity contribution in [3.05, 3.63) is 81.8 Å². The van der Waals surface area contributed by atoms with E-state index in [9.17, 15) is 9.59 Å². The highest BCUT2D eigenvalue weighted by atomic mass is 35.5. The predicted molar refractivity (Wildman–Crippen MR) is 183 cm³/mol. The van der Waals surface area contributed by atoms with Crippen molar-refractivity contribution in [3.8, 4) is 45.4 Å². The Morgan fingerprint density at radius 2 is 1.38 bits per heavy atom. The number of ether oxygens (including phenoxy) is 2. The van der Waals surface area contributed by atoms with Crippen LogP contribution in [-0.2, 0) is 22.6 Å². The summed E-state index contributed by atoms with van der Waals surface area (Å²) in [5.74, 6) is 0.632. The van der Waals surface area contributed by atoms with Gasteiger partial charge in [-0.1, -0.05) is 71.7 Å². The van der Waals surface area contributed by atoms with Crippen molar-refractivity contribution < 1.29 is 24.2 Å². The van der Waals surface area contributed by atoms with Gasteiger partial charge in [0.15, 0.2) is 0 Å². The first kappa shape index (κ1) is 32.9. The summed E-state index contributed by atoms with van der Waals surface area (Å²) in [7, 11) is 3.20. The third-order valence-corrected chi connectivity index (χ3v) is 10.0. The van der Waals surface area contributed by atoms with E-state index < -0.39 is 5.97 Å². The number of halogens is 2. The van der Waals surface area contributed by atoms with Gasteiger partial charge in [0.1, 0.15) is 5.78 Å². The monoisotopic (exact) mass is 673 g/mol. The largest absolute Gasteiger partial charge is 0.481 e. The third kappa shape index (κ3) is 7.00. The number of carboxylic acids is 1. The van der Waals surface area contributed by atoms with Gasteiger partial charge in [0, 0.05) is 77.7 Å². The van der Waals surface area contributed by atoms with Gasteiger partial charge in [-0.2, -0.15) is 0 Å². The van der Waals surface area contributed by atoms with Gasteiger partial charge >= 0.3 is 5.97 Å². The van der Waals surface area contributed by atoms with Gasteiger partial charge in [0.05, 0.1) is 35.7 Å². The van der Waals surface area contributed by atoms with Crippen LogP contribution in [0.5, 0.6) is 11.8 Å². The number of hydrogen-bond acceptors (Lipinski definition) is 7. The number of methoxy groups -OCH3 is 2. The molecule has 1 aliphatic heterocycles. The minimum Gasteiger partial charge on any atom is -0.481 e. The highest BCUT2D eigenvalue weighted by molar-refractivity contribution is 6.39. The molecule has 0 radical (unpaired) electrons. The number of carboxylic acid groups (broad SMARTS) is 1. The summed E-state index contributed by atoms with van der Waals surface area (Å²) >= 11 is 14.1. The van der Waals surface area contributed by atoms with E-state index in [4.69, 9.17) is 47.8 Å². The van der Waals surface area contributed by atoms with E-state index in [0.717, 1.165) is 59.3 Å². The average molecular weight is 675 g/mol. The molecule has 4 aromatic rings. The molecule has 10 heteroatoms. The molecule has 2 aromatic heterocycles. The number of unbranched alkanes of at least 4 members (excludes halogenated alkanes) is 1. The summed E-state index contributed by atoms with van der Waals surface area (Å²) in [6.07, 6.45) is 4.52. The van der Waals surface area contributed by atoms with E-state index in [1.807, 2.05) is 60.7 Å². The molecular weight excluding hydrogens is 637 g/mol. The lowest BCUT2D eigenvalue weighted by Crippen LogP contribution is -2.54. The molecule has 3 heterocycles.